The first-order valence-electron chi connectivity index (χ1n) is 3.25. The van der Waals surface area contributed by atoms with E-state index in [4.69, 9.17) is 4.42 Å². The summed E-state index contributed by atoms with van der Waals surface area (Å²) in [6.07, 6.45) is 0. The molecule has 3 N–H and O–H groups in total. The molecule has 1 aromatic heterocycles. The zero-order valence-corrected chi connectivity index (χ0v) is 6.16. The first-order chi connectivity index (χ1) is 5.11. The fraction of sp³-hybridized carbons (Fsp3) is 0.286. The molecule has 0 radical (unpaired) electrons. The van der Waals surface area contributed by atoms with E-state index < -0.39 is 5.97 Å². The molecule has 1 aromatic rings. The van der Waals surface area contributed by atoms with Crippen LogP contribution in [0, 0.1) is 0 Å². The van der Waals surface area contributed by atoms with E-state index in [9.17, 15) is 9.90 Å². The second-order valence-electron chi connectivity index (χ2n) is 2.39. The lowest BCUT2D eigenvalue weighted by Gasteiger charge is -1.97. The Morgan fingerprint density at radius 2 is 2.36 bits per heavy atom. The van der Waals surface area contributed by atoms with Gasteiger partial charge in [-0.15, -0.1) is 0 Å². The van der Waals surface area contributed by atoms with Crippen molar-refractivity contribution in [2.45, 2.75) is 13.0 Å². The van der Waals surface area contributed by atoms with E-state index in [1.54, 1.807) is 6.07 Å². The average Bonchev–Trinajstić information content (AvgIpc) is 2.33. The van der Waals surface area contributed by atoms with Crippen LogP contribution in [0.5, 0.6) is 0 Å². The minimum atomic E-state index is -1.29. The number of hydrogen-bond acceptors (Lipinski definition) is 3. The van der Waals surface area contributed by atoms with Gasteiger partial charge in [-0.2, -0.15) is 0 Å². The summed E-state index contributed by atoms with van der Waals surface area (Å²) in [5.41, 5.74) is 3.67. The number of carboxylic acid groups (broad SMARTS) is 1. The van der Waals surface area contributed by atoms with Gasteiger partial charge in [-0.25, -0.2) is 0 Å². The van der Waals surface area contributed by atoms with E-state index in [0.717, 1.165) is 0 Å². The molecule has 0 aliphatic carbocycles. The molecular formula is C7H9NO3. The Kier molecular flexibility index (Phi) is 1.96. The number of quaternary nitrogens is 1. The quantitative estimate of drug-likeness (QED) is 0.591. The summed E-state index contributed by atoms with van der Waals surface area (Å²) in [5, 5.41) is 10.2. The lowest BCUT2D eigenvalue weighted by Crippen LogP contribution is -2.51. The Morgan fingerprint density at radius 1 is 1.73 bits per heavy atom. The average molecular weight is 155 g/mol. The Hall–Kier alpha value is -1.29. The Morgan fingerprint density at radius 3 is 2.64 bits per heavy atom. The van der Waals surface area contributed by atoms with Crippen LogP contribution < -0.4 is 10.8 Å². The number of rotatable bonds is 2. The molecular weight excluding hydrogens is 146 g/mol. The van der Waals surface area contributed by atoms with Crippen molar-refractivity contribution in [1.29, 1.82) is 0 Å². The molecule has 60 valence electrons. The Bertz CT molecular complexity index is 264. The molecule has 0 spiro atoms. The molecule has 1 heterocycles. The fourth-order valence-corrected chi connectivity index (χ4v) is 0.727. The van der Waals surface area contributed by atoms with Crippen LogP contribution in [0.15, 0.2) is 16.5 Å². The number of carbonyl (C=O) groups is 1. The second-order valence-corrected chi connectivity index (χ2v) is 2.39. The number of carbonyl (C=O) groups excluding carboxylic acids is 1. The first-order valence-corrected chi connectivity index (χ1v) is 3.25. The summed E-state index contributed by atoms with van der Waals surface area (Å²) in [6.45, 7) is 1.82. The predicted octanol–water partition coefficient (Wildman–Crippen LogP) is -1.05. The van der Waals surface area contributed by atoms with E-state index in [1.165, 1.54) is 6.07 Å². The minimum absolute atomic E-state index is 0.0388. The van der Waals surface area contributed by atoms with Gasteiger partial charge in [0.2, 0.25) is 0 Å². The molecule has 1 atom stereocenters. The van der Waals surface area contributed by atoms with Crippen LogP contribution in [0.1, 0.15) is 29.3 Å². The van der Waals surface area contributed by atoms with Crippen LogP contribution in [0.2, 0.25) is 0 Å². The van der Waals surface area contributed by atoms with Crippen LogP contribution in [-0.4, -0.2) is 5.97 Å². The highest BCUT2D eigenvalue weighted by atomic mass is 16.4. The molecule has 0 amide bonds. The Balaban J connectivity index is 2.90. The van der Waals surface area contributed by atoms with Crippen molar-refractivity contribution in [3.63, 3.8) is 0 Å². The van der Waals surface area contributed by atoms with E-state index in [2.05, 4.69) is 5.73 Å². The topological polar surface area (TPSA) is 80.9 Å². The highest BCUT2D eigenvalue weighted by Gasteiger charge is 2.08. The molecule has 0 fully saturated rings. The van der Waals surface area contributed by atoms with Crippen LogP contribution in [-0.2, 0) is 0 Å². The predicted molar refractivity (Wildman–Crippen MR) is 34.3 cm³/mol. The number of furan rings is 1. The number of aromatic carboxylic acids is 1. The van der Waals surface area contributed by atoms with Crippen molar-refractivity contribution in [1.82, 2.24) is 0 Å². The number of carboxylic acids is 1. The third-order valence-corrected chi connectivity index (χ3v) is 1.31. The molecule has 0 aliphatic heterocycles. The zero-order valence-electron chi connectivity index (χ0n) is 6.16. The molecule has 0 aromatic carbocycles. The largest absolute Gasteiger partial charge is 0.542 e. The summed E-state index contributed by atoms with van der Waals surface area (Å²) in [5.74, 6) is -0.878. The van der Waals surface area contributed by atoms with Gasteiger partial charge < -0.3 is 20.1 Å². The van der Waals surface area contributed by atoms with Crippen molar-refractivity contribution in [2.24, 2.45) is 0 Å². The van der Waals surface area contributed by atoms with Crippen molar-refractivity contribution < 1.29 is 20.1 Å². The van der Waals surface area contributed by atoms with Gasteiger partial charge in [-0.05, 0) is 19.1 Å². The van der Waals surface area contributed by atoms with Gasteiger partial charge in [0, 0.05) is 0 Å². The maximum absolute atomic E-state index is 10.2. The lowest BCUT2D eigenvalue weighted by molar-refractivity contribution is -0.424. The molecule has 0 saturated carbocycles. The van der Waals surface area contributed by atoms with Crippen LogP contribution in [0.3, 0.4) is 0 Å². The van der Waals surface area contributed by atoms with Gasteiger partial charge in [-0.1, -0.05) is 0 Å². The number of hydrogen-bond donors (Lipinski definition) is 1. The maximum atomic E-state index is 10.2. The molecule has 11 heavy (non-hydrogen) atoms. The van der Waals surface area contributed by atoms with E-state index in [-0.39, 0.29) is 11.8 Å². The third-order valence-electron chi connectivity index (χ3n) is 1.31. The van der Waals surface area contributed by atoms with Crippen molar-refractivity contribution >= 4 is 5.97 Å². The molecule has 0 bridgehead atoms. The SMILES string of the molecule is C[C@@H]([NH3+])c1ccc(C(=O)[O-])o1. The van der Waals surface area contributed by atoms with Gasteiger partial charge in [-0.3, -0.25) is 0 Å². The molecule has 4 heteroatoms. The third kappa shape index (κ3) is 1.59. The standard InChI is InChI=1S/C7H9NO3/c1-4(8)5-2-3-6(11-5)7(9)10/h2-4H,8H2,1H3,(H,9,10)/t4-/m1/s1. The highest BCUT2D eigenvalue weighted by molar-refractivity contribution is 5.82. The Labute approximate surface area is 63.6 Å². The smallest absolute Gasteiger partial charge is 0.161 e. The van der Waals surface area contributed by atoms with Crippen LogP contribution in [0.25, 0.3) is 0 Å². The molecule has 1 rings (SSSR count). The van der Waals surface area contributed by atoms with Gasteiger partial charge in [0.15, 0.2) is 5.76 Å². The maximum Gasteiger partial charge on any atom is 0.161 e. The van der Waals surface area contributed by atoms with Gasteiger partial charge >= 0.3 is 0 Å². The monoisotopic (exact) mass is 155 g/mol. The summed E-state index contributed by atoms with van der Waals surface area (Å²) in [4.78, 5) is 10.2. The zero-order chi connectivity index (χ0) is 8.43. The molecule has 4 nitrogen and oxygen atoms in total. The van der Waals surface area contributed by atoms with Crippen LogP contribution in [0.4, 0.5) is 0 Å². The van der Waals surface area contributed by atoms with Gasteiger partial charge in [0.25, 0.3) is 0 Å². The van der Waals surface area contributed by atoms with Crippen LogP contribution >= 0.6 is 0 Å². The summed E-state index contributed by atoms with van der Waals surface area (Å²) in [7, 11) is 0. The fourth-order valence-electron chi connectivity index (χ4n) is 0.727. The van der Waals surface area contributed by atoms with Crippen molar-refractivity contribution in [3.8, 4) is 0 Å². The van der Waals surface area contributed by atoms with E-state index in [1.807, 2.05) is 6.92 Å². The van der Waals surface area contributed by atoms with Gasteiger partial charge in [0.05, 0.1) is 0 Å². The van der Waals surface area contributed by atoms with E-state index in [0.29, 0.717) is 5.76 Å². The lowest BCUT2D eigenvalue weighted by atomic mass is 10.3. The van der Waals surface area contributed by atoms with Crippen molar-refractivity contribution in [3.05, 3.63) is 23.7 Å². The summed E-state index contributed by atoms with van der Waals surface area (Å²) in [6, 6.07) is 2.91. The van der Waals surface area contributed by atoms with E-state index >= 15 is 0 Å². The first kappa shape index (κ1) is 7.81. The molecule has 0 saturated heterocycles. The van der Waals surface area contributed by atoms with Gasteiger partial charge in [0.1, 0.15) is 17.8 Å². The minimum Gasteiger partial charge on any atom is -0.542 e. The van der Waals surface area contributed by atoms with Crippen molar-refractivity contribution in [2.75, 3.05) is 0 Å². The normalized spacial score (nSPS) is 12.9. The molecule has 0 aliphatic rings. The second kappa shape index (κ2) is 2.75. The summed E-state index contributed by atoms with van der Waals surface area (Å²) < 4.78 is 4.88. The highest BCUT2D eigenvalue weighted by Crippen LogP contribution is 2.11. The summed E-state index contributed by atoms with van der Waals surface area (Å²) >= 11 is 0. The molecule has 0 unspecified atom stereocenters.